The molecule has 2 aromatic rings. The third kappa shape index (κ3) is 3.87. The van der Waals surface area contributed by atoms with E-state index in [4.69, 9.17) is 0 Å². The van der Waals surface area contributed by atoms with Crippen LogP contribution >= 0.6 is 25.3 Å². The van der Waals surface area contributed by atoms with Crippen molar-refractivity contribution < 1.29 is 0 Å². The minimum Gasteiger partial charge on any atom is -0.380 e. The second-order valence-electron chi connectivity index (χ2n) is 4.90. The second kappa shape index (κ2) is 6.95. The summed E-state index contributed by atoms with van der Waals surface area (Å²) in [5.74, 6) is 0. The Labute approximate surface area is 131 Å². The number of nitrogens with one attached hydrogen (secondary N) is 2. The lowest BCUT2D eigenvalue weighted by molar-refractivity contribution is 0.674. The van der Waals surface area contributed by atoms with E-state index in [0.29, 0.717) is 0 Å². The molecule has 0 aromatic heterocycles. The lowest BCUT2D eigenvalue weighted by Gasteiger charge is -2.25. The van der Waals surface area contributed by atoms with E-state index in [0.717, 1.165) is 21.2 Å². The van der Waals surface area contributed by atoms with Gasteiger partial charge in [0.05, 0.1) is 0 Å². The lowest BCUT2D eigenvalue weighted by Crippen LogP contribution is -2.34. The van der Waals surface area contributed by atoms with Gasteiger partial charge in [-0.05, 0) is 38.1 Å². The van der Waals surface area contributed by atoms with Gasteiger partial charge in [0.25, 0.3) is 0 Å². The summed E-state index contributed by atoms with van der Waals surface area (Å²) in [5.41, 5.74) is 2.10. The molecule has 0 saturated carbocycles. The van der Waals surface area contributed by atoms with Crippen LogP contribution in [0.25, 0.3) is 0 Å². The summed E-state index contributed by atoms with van der Waals surface area (Å²) in [7, 11) is 0. The van der Waals surface area contributed by atoms with Gasteiger partial charge in [-0.1, -0.05) is 24.3 Å². The number of hydrogen-bond donors (Lipinski definition) is 4. The number of thiol groups is 2. The Balaban J connectivity index is 2.01. The van der Waals surface area contributed by atoms with Crippen LogP contribution < -0.4 is 10.6 Å². The SMILES string of the molecule is CC(Nc1ccccc1S)C(C)Nc1ccccc1S. The normalized spacial score (nSPS) is 13.6. The van der Waals surface area contributed by atoms with Gasteiger partial charge in [0.2, 0.25) is 0 Å². The van der Waals surface area contributed by atoms with Crippen LogP contribution in [0.15, 0.2) is 58.3 Å². The average molecular weight is 304 g/mol. The van der Waals surface area contributed by atoms with Crippen molar-refractivity contribution in [2.24, 2.45) is 0 Å². The molecule has 2 N–H and O–H groups in total. The minimum absolute atomic E-state index is 0.260. The van der Waals surface area contributed by atoms with Crippen LogP contribution in [0.1, 0.15) is 13.8 Å². The molecule has 0 saturated heterocycles. The molecular formula is C16H20N2S2. The molecule has 0 amide bonds. The maximum atomic E-state index is 4.46. The quantitative estimate of drug-likeness (QED) is 0.609. The Bertz CT molecular complexity index is 520. The first-order valence-corrected chi connectivity index (χ1v) is 7.56. The van der Waals surface area contributed by atoms with Gasteiger partial charge in [0.15, 0.2) is 0 Å². The number of anilines is 2. The highest BCUT2D eigenvalue weighted by atomic mass is 32.1. The number of benzene rings is 2. The van der Waals surface area contributed by atoms with Gasteiger partial charge in [-0.15, -0.1) is 25.3 Å². The van der Waals surface area contributed by atoms with Gasteiger partial charge in [-0.25, -0.2) is 0 Å². The van der Waals surface area contributed by atoms with E-state index < -0.39 is 0 Å². The van der Waals surface area contributed by atoms with Crippen LogP contribution in [-0.4, -0.2) is 12.1 Å². The van der Waals surface area contributed by atoms with Crippen molar-refractivity contribution in [3.63, 3.8) is 0 Å². The van der Waals surface area contributed by atoms with E-state index >= 15 is 0 Å². The van der Waals surface area contributed by atoms with Gasteiger partial charge in [-0.2, -0.15) is 0 Å². The topological polar surface area (TPSA) is 24.1 Å². The Kier molecular flexibility index (Phi) is 5.26. The first-order chi connectivity index (χ1) is 9.58. The molecule has 20 heavy (non-hydrogen) atoms. The molecule has 2 nitrogen and oxygen atoms in total. The van der Waals surface area contributed by atoms with Crippen LogP contribution in [0.2, 0.25) is 0 Å². The molecule has 0 bridgehead atoms. The van der Waals surface area contributed by atoms with Gasteiger partial charge < -0.3 is 10.6 Å². The summed E-state index contributed by atoms with van der Waals surface area (Å²) in [6.45, 7) is 4.30. The lowest BCUT2D eigenvalue weighted by atomic mass is 10.1. The molecule has 2 aromatic carbocycles. The standard InChI is InChI=1S/C16H20N2S2/c1-11(17-13-7-3-5-9-15(13)19)12(2)18-14-8-4-6-10-16(14)20/h3-12,17-20H,1-2H3. The number of para-hydroxylation sites is 2. The molecule has 4 heteroatoms. The van der Waals surface area contributed by atoms with Crippen LogP contribution in [0.4, 0.5) is 11.4 Å². The van der Waals surface area contributed by atoms with Gasteiger partial charge in [0.1, 0.15) is 0 Å². The molecule has 0 fully saturated rings. The average Bonchev–Trinajstić information content (AvgIpc) is 2.43. The fourth-order valence-corrected chi connectivity index (χ4v) is 2.38. The van der Waals surface area contributed by atoms with Crippen LogP contribution in [-0.2, 0) is 0 Å². The Hall–Kier alpha value is -1.26. The second-order valence-corrected chi connectivity index (χ2v) is 5.86. The molecule has 0 spiro atoms. The van der Waals surface area contributed by atoms with E-state index in [1.54, 1.807) is 0 Å². The third-order valence-electron chi connectivity index (χ3n) is 3.32. The molecule has 0 radical (unpaired) electrons. The van der Waals surface area contributed by atoms with Crippen molar-refractivity contribution >= 4 is 36.6 Å². The maximum Gasteiger partial charge on any atom is 0.0478 e. The molecule has 0 aliphatic rings. The van der Waals surface area contributed by atoms with Crippen LogP contribution in [0.3, 0.4) is 0 Å². The van der Waals surface area contributed by atoms with Crippen molar-refractivity contribution in [1.29, 1.82) is 0 Å². The highest BCUT2D eigenvalue weighted by Crippen LogP contribution is 2.23. The van der Waals surface area contributed by atoms with Crippen LogP contribution in [0, 0.1) is 0 Å². The first-order valence-electron chi connectivity index (χ1n) is 6.67. The van der Waals surface area contributed by atoms with E-state index in [-0.39, 0.29) is 12.1 Å². The molecule has 0 aliphatic heterocycles. The maximum absolute atomic E-state index is 4.46. The summed E-state index contributed by atoms with van der Waals surface area (Å²) >= 11 is 8.92. The van der Waals surface area contributed by atoms with Gasteiger partial charge in [-0.3, -0.25) is 0 Å². The fourth-order valence-electron chi connectivity index (χ4n) is 1.93. The molecule has 2 unspecified atom stereocenters. The highest BCUT2D eigenvalue weighted by molar-refractivity contribution is 7.80. The first kappa shape index (κ1) is 15.1. The monoisotopic (exact) mass is 304 g/mol. The Morgan fingerprint density at radius 2 is 1.05 bits per heavy atom. The van der Waals surface area contributed by atoms with Gasteiger partial charge >= 0.3 is 0 Å². The third-order valence-corrected chi connectivity index (χ3v) is 4.10. The van der Waals surface area contributed by atoms with Crippen molar-refractivity contribution in [2.75, 3.05) is 10.6 Å². The summed E-state index contributed by atoms with van der Waals surface area (Å²) in [5, 5.41) is 6.97. The van der Waals surface area contributed by atoms with Crippen molar-refractivity contribution in [2.45, 2.75) is 35.7 Å². The van der Waals surface area contributed by atoms with E-state index in [2.05, 4.69) is 49.7 Å². The summed E-state index contributed by atoms with van der Waals surface area (Å²) in [4.78, 5) is 1.92. The van der Waals surface area contributed by atoms with Crippen molar-refractivity contribution in [3.05, 3.63) is 48.5 Å². The summed E-state index contributed by atoms with van der Waals surface area (Å²) in [6.07, 6.45) is 0. The molecule has 2 atom stereocenters. The van der Waals surface area contributed by atoms with Gasteiger partial charge in [0, 0.05) is 33.2 Å². The molecule has 2 rings (SSSR count). The molecule has 0 heterocycles. The zero-order chi connectivity index (χ0) is 14.5. The van der Waals surface area contributed by atoms with Crippen molar-refractivity contribution in [1.82, 2.24) is 0 Å². The number of rotatable bonds is 5. The highest BCUT2D eigenvalue weighted by Gasteiger charge is 2.13. The molecule has 0 aliphatic carbocycles. The predicted octanol–water partition coefficient (Wildman–Crippen LogP) is 4.57. The smallest absolute Gasteiger partial charge is 0.0478 e. The zero-order valence-electron chi connectivity index (χ0n) is 11.7. The zero-order valence-corrected chi connectivity index (χ0v) is 13.5. The fraction of sp³-hybridized carbons (Fsp3) is 0.250. The van der Waals surface area contributed by atoms with Crippen molar-refractivity contribution in [3.8, 4) is 0 Å². The van der Waals surface area contributed by atoms with E-state index in [1.165, 1.54) is 0 Å². The summed E-state index contributed by atoms with van der Waals surface area (Å²) in [6, 6.07) is 16.6. The number of hydrogen-bond acceptors (Lipinski definition) is 4. The Morgan fingerprint density at radius 3 is 1.40 bits per heavy atom. The molecular weight excluding hydrogens is 284 g/mol. The van der Waals surface area contributed by atoms with E-state index in [1.807, 2.05) is 48.5 Å². The van der Waals surface area contributed by atoms with E-state index in [9.17, 15) is 0 Å². The molecule has 106 valence electrons. The predicted molar refractivity (Wildman–Crippen MR) is 93.6 cm³/mol. The minimum atomic E-state index is 0.260. The largest absolute Gasteiger partial charge is 0.380 e. The van der Waals surface area contributed by atoms with Crippen LogP contribution in [0.5, 0.6) is 0 Å². The summed E-state index contributed by atoms with van der Waals surface area (Å²) < 4.78 is 0. The Morgan fingerprint density at radius 1 is 0.700 bits per heavy atom.